The van der Waals surface area contributed by atoms with E-state index < -0.39 is 0 Å². The number of hydrogen-bond donors (Lipinski definition) is 1. The summed E-state index contributed by atoms with van der Waals surface area (Å²) in [5, 5.41) is 3.64. The van der Waals surface area contributed by atoms with E-state index in [0.29, 0.717) is 12.0 Å². The molecule has 1 aliphatic rings. The molecule has 1 N–H and O–H groups in total. The summed E-state index contributed by atoms with van der Waals surface area (Å²) in [6.45, 7) is 10.3. The minimum Gasteiger partial charge on any atom is -0.370 e. The molecule has 0 radical (unpaired) electrons. The maximum atomic E-state index is 3.64. The minimum atomic E-state index is 0.595. The fraction of sp³-hybridized carbons (Fsp3) is 0.625. The lowest BCUT2D eigenvalue weighted by molar-refractivity contribution is 0.528. The zero-order chi connectivity index (χ0) is 13.0. The summed E-state index contributed by atoms with van der Waals surface area (Å²) in [6, 6.07) is 9.52. The van der Waals surface area contributed by atoms with E-state index in [0.717, 1.165) is 13.1 Å². The smallest absolute Gasteiger partial charge is 0.0401 e. The van der Waals surface area contributed by atoms with Crippen LogP contribution >= 0.6 is 0 Å². The van der Waals surface area contributed by atoms with Crippen molar-refractivity contribution in [1.82, 2.24) is 5.32 Å². The summed E-state index contributed by atoms with van der Waals surface area (Å²) >= 11 is 0. The lowest BCUT2D eigenvalue weighted by Gasteiger charge is -2.29. The predicted molar refractivity (Wildman–Crippen MR) is 79.4 cm³/mol. The highest BCUT2D eigenvalue weighted by Gasteiger charge is 2.19. The van der Waals surface area contributed by atoms with Crippen LogP contribution in [0.2, 0.25) is 0 Å². The molecule has 0 amide bonds. The molecule has 2 rings (SSSR count). The number of benzene rings is 1. The molecule has 1 aromatic rings. The summed E-state index contributed by atoms with van der Waals surface area (Å²) in [5.74, 6) is 0.595. The average Bonchev–Trinajstić information content (AvgIpc) is 2.64. The highest BCUT2D eigenvalue weighted by Crippen LogP contribution is 2.28. The predicted octanol–water partition coefficient (Wildman–Crippen LogP) is 3.39. The fourth-order valence-electron chi connectivity index (χ4n) is 2.75. The van der Waals surface area contributed by atoms with Gasteiger partial charge in [-0.3, -0.25) is 0 Å². The van der Waals surface area contributed by atoms with Gasteiger partial charge in [0.25, 0.3) is 0 Å². The maximum Gasteiger partial charge on any atom is 0.0401 e. The molecular weight excluding hydrogens is 220 g/mol. The van der Waals surface area contributed by atoms with Gasteiger partial charge in [-0.05, 0) is 36.9 Å². The number of anilines is 1. The fourth-order valence-corrected chi connectivity index (χ4v) is 2.75. The van der Waals surface area contributed by atoms with Crippen molar-refractivity contribution in [2.45, 2.75) is 45.6 Å². The molecule has 2 heteroatoms. The van der Waals surface area contributed by atoms with E-state index in [2.05, 4.69) is 55.3 Å². The highest BCUT2D eigenvalue weighted by atomic mass is 15.2. The largest absolute Gasteiger partial charge is 0.370 e. The Balaban J connectivity index is 2.23. The molecule has 1 aliphatic heterocycles. The van der Waals surface area contributed by atoms with Gasteiger partial charge in [-0.2, -0.15) is 0 Å². The molecule has 1 aromatic carbocycles. The second-order valence-corrected chi connectivity index (χ2v) is 5.57. The minimum absolute atomic E-state index is 0.595. The van der Waals surface area contributed by atoms with Crippen LogP contribution in [0, 0.1) is 0 Å². The van der Waals surface area contributed by atoms with Crippen LogP contribution in [0.4, 0.5) is 5.69 Å². The Morgan fingerprint density at radius 1 is 1.33 bits per heavy atom. The molecule has 2 nitrogen and oxygen atoms in total. The van der Waals surface area contributed by atoms with Crippen molar-refractivity contribution in [2.24, 2.45) is 0 Å². The maximum absolute atomic E-state index is 3.64. The first-order chi connectivity index (χ1) is 8.72. The monoisotopic (exact) mass is 246 g/mol. The van der Waals surface area contributed by atoms with E-state index in [9.17, 15) is 0 Å². The highest BCUT2D eigenvalue weighted by molar-refractivity contribution is 5.55. The molecule has 0 aliphatic carbocycles. The third-order valence-corrected chi connectivity index (χ3v) is 3.87. The first kappa shape index (κ1) is 13.4. The van der Waals surface area contributed by atoms with Crippen LogP contribution in [0.3, 0.4) is 0 Å². The summed E-state index contributed by atoms with van der Waals surface area (Å²) < 4.78 is 0. The zero-order valence-corrected chi connectivity index (χ0v) is 11.9. The van der Waals surface area contributed by atoms with Gasteiger partial charge in [-0.15, -0.1) is 0 Å². The topological polar surface area (TPSA) is 15.3 Å². The Bertz CT molecular complexity index is 373. The average molecular weight is 246 g/mol. The van der Waals surface area contributed by atoms with Crippen molar-refractivity contribution in [3.05, 3.63) is 29.8 Å². The second kappa shape index (κ2) is 6.24. The van der Waals surface area contributed by atoms with Crippen molar-refractivity contribution >= 4 is 5.69 Å². The van der Waals surface area contributed by atoms with Crippen LogP contribution in [0.15, 0.2) is 24.3 Å². The molecule has 0 aromatic heterocycles. The van der Waals surface area contributed by atoms with E-state index in [1.165, 1.54) is 30.6 Å². The van der Waals surface area contributed by atoms with Crippen LogP contribution in [0.25, 0.3) is 0 Å². The Labute approximate surface area is 111 Å². The van der Waals surface area contributed by atoms with Crippen LogP contribution in [-0.2, 0) is 0 Å². The van der Waals surface area contributed by atoms with Gasteiger partial charge < -0.3 is 10.2 Å². The van der Waals surface area contributed by atoms with E-state index in [1.54, 1.807) is 0 Å². The molecule has 100 valence electrons. The van der Waals surface area contributed by atoms with Crippen molar-refractivity contribution < 1.29 is 0 Å². The molecule has 0 spiro atoms. The van der Waals surface area contributed by atoms with E-state index in [4.69, 9.17) is 0 Å². The molecule has 1 fully saturated rings. The number of hydrogen-bond acceptors (Lipinski definition) is 2. The van der Waals surface area contributed by atoms with Crippen LogP contribution in [-0.4, -0.2) is 25.7 Å². The van der Waals surface area contributed by atoms with Crippen LogP contribution in [0.5, 0.6) is 0 Å². The second-order valence-electron chi connectivity index (χ2n) is 5.57. The quantitative estimate of drug-likeness (QED) is 0.879. The molecule has 1 atom stereocenters. The molecule has 1 saturated heterocycles. The van der Waals surface area contributed by atoms with E-state index in [-0.39, 0.29) is 0 Å². The van der Waals surface area contributed by atoms with Gasteiger partial charge in [0, 0.05) is 24.8 Å². The number of nitrogens with one attached hydrogen (secondary N) is 1. The molecule has 1 unspecified atom stereocenters. The van der Waals surface area contributed by atoms with Crippen molar-refractivity contribution in [3.8, 4) is 0 Å². The first-order valence-electron chi connectivity index (χ1n) is 7.29. The Hall–Kier alpha value is -1.02. The number of nitrogens with zero attached hydrogens (tertiary/aromatic N) is 1. The van der Waals surface area contributed by atoms with Gasteiger partial charge in [0.1, 0.15) is 0 Å². The van der Waals surface area contributed by atoms with Gasteiger partial charge in [-0.1, -0.05) is 39.0 Å². The molecule has 0 bridgehead atoms. The van der Waals surface area contributed by atoms with Gasteiger partial charge in [0.15, 0.2) is 0 Å². The third kappa shape index (κ3) is 3.05. The van der Waals surface area contributed by atoms with Crippen molar-refractivity contribution in [1.29, 1.82) is 0 Å². The Kier molecular flexibility index (Phi) is 4.65. The summed E-state index contributed by atoms with van der Waals surface area (Å²) in [6.07, 6.45) is 2.45. The summed E-state index contributed by atoms with van der Waals surface area (Å²) in [7, 11) is 0. The van der Waals surface area contributed by atoms with Crippen LogP contribution < -0.4 is 10.2 Å². The van der Waals surface area contributed by atoms with Crippen molar-refractivity contribution in [2.75, 3.05) is 24.5 Å². The van der Waals surface area contributed by atoms with E-state index in [1.807, 2.05) is 0 Å². The molecule has 18 heavy (non-hydrogen) atoms. The van der Waals surface area contributed by atoms with Crippen molar-refractivity contribution in [3.63, 3.8) is 0 Å². The Morgan fingerprint density at radius 2 is 2.11 bits per heavy atom. The van der Waals surface area contributed by atoms with E-state index >= 15 is 0 Å². The zero-order valence-electron chi connectivity index (χ0n) is 11.9. The van der Waals surface area contributed by atoms with Gasteiger partial charge in [0.05, 0.1) is 0 Å². The first-order valence-corrected chi connectivity index (χ1v) is 7.29. The summed E-state index contributed by atoms with van der Waals surface area (Å²) in [4.78, 5) is 2.57. The Morgan fingerprint density at radius 3 is 2.83 bits per heavy atom. The van der Waals surface area contributed by atoms with Gasteiger partial charge in [-0.25, -0.2) is 0 Å². The lowest BCUT2D eigenvalue weighted by atomic mass is 10.00. The SMILES string of the molecule is CCC1CN(c2ccccc2C(C)C)CCCN1. The molecular formula is C16H26N2. The van der Waals surface area contributed by atoms with Gasteiger partial charge >= 0.3 is 0 Å². The number of para-hydroxylation sites is 1. The lowest BCUT2D eigenvalue weighted by Crippen LogP contribution is -2.37. The molecule has 1 heterocycles. The molecule has 0 saturated carbocycles. The number of rotatable bonds is 3. The summed E-state index contributed by atoms with van der Waals surface area (Å²) in [5.41, 5.74) is 2.92. The standard InChI is InChI=1S/C16H26N2/c1-4-14-12-18(11-7-10-17-14)16-9-6-5-8-15(16)13(2)3/h5-6,8-9,13-14,17H,4,7,10-12H2,1-3H3. The third-order valence-electron chi connectivity index (χ3n) is 3.87. The van der Waals surface area contributed by atoms with Crippen LogP contribution in [0.1, 0.15) is 45.1 Å². The van der Waals surface area contributed by atoms with Gasteiger partial charge in [0.2, 0.25) is 0 Å². The normalized spacial score (nSPS) is 21.1.